The zero-order valence-corrected chi connectivity index (χ0v) is 22.5. The van der Waals surface area contributed by atoms with Crippen molar-refractivity contribution in [3.05, 3.63) is 131 Å². The number of rotatable bonds is 7. The van der Waals surface area contributed by atoms with E-state index in [9.17, 15) is 0 Å². The van der Waals surface area contributed by atoms with Crippen LogP contribution in [-0.4, -0.2) is 14.5 Å². The van der Waals surface area contributed by atoms with Crippen molar-refractivity contribution in [2.75, 3.05) is 0 Å². The van der Waals surface area contributed by atoms with Crippen LogP contribution in [0.1, 0.15) is 52.4 Å². The van der Waals surface area contributed by atoms with E-state index < -0.39 is 0 Å². The number of hydrogen-bond donors (Lipinski definition) is 2. The summed E-state index contributed by atoms with van der Waals surface area (Å²) in [7, 11) is 0. The summed E-state index contributed by atoms with van der Waals surface area (Å²) in [5.74, 6) is 0.383. The molecule has 0 bridgehead atoms. The van der Waals surface area contributed by atoms with E-state index >= 15 is 0 Å². The molecule has 6 rings (SSSR count). The molecular weight excluding hydrogens is 480 g/mol. The lowest BCUT2D eigenvalue weighted by atomic mass is 9.87. The third-order valence-electron chi connectivity index (χ3n) is 7.71. The summed E-state index contributed by atoms with van der Waals surface area (Å²) in [6.45, 7) is 4.61. The van der Waals surface area contributed by atoms with Crippen molar-refractivity contribution in [3.63, 3.8) is 0 Å². The van der Waals surface area contributed by atoms with E-state index in [4.69, 9.17) is 15.5 Å². The van der Waals surface area contributed by atoms with E-state index in [-0.39, 0.29) is 6.04 Å². The molecular formula is C34H34N4O. The number of aromatic nitrogens is 3. The molecule has 2 aromatic heterocycles. The fourth-order valence-electron chi connectivity index (χ4n) is 5.65. The first kappa shape index (κ1) is 24.8. The molecule has 5 aromatic rings. The van der Waals surface area contributed by atoms with Gasteiger partial charge in [0.2, 0.25) is 0 Å². The lowest BCUT2D eigenvalue weighted by Gasteiger charge is -2.28. The number of hydrogen-bond acceptors (Lipinski definition) is 3. The van der Waals surface area contributed by atoms with Crippen LogP contribution in [0, 0.1) is 13.8 Å². The van der Waals surface area contributed by atoms with Gasteiger partial charge in [0.15, 0.2) is 5.88 Å². The monoisotopic (exact) mass is 514 g/mol. The molecule has 2 heterocycles. The van der Waals surface area contributed by atoms with E-state index in [1.165, 1.54) is 16.7 Å². The maximum Gasteiger partial charge on any atom is 0.185 e. The van der Waals surface area contributed by atoms with Gasteiger partial charge in [-0.15, -0.1) is 0 Å². The Morgan fingerprint density at radius 2 is 1.79 bits per heavy atom. The van der Waals surface area contributed by atoms with Crippen LogP contribution in [0.25, 0.3) is 28.6 Å². The van der Waals surface area contributed by atoms with Gasteiger partial charge in [0.1, 0.15) is 6.61 Å². The molecule has 3 N–H and O–H groups in total. The molecule has 0 spiro atoms. The highest BCUT2D eigenvalue weighted by Gasteiger charge is 2.27. The third kappa shape index (κ3) is 5.00. The second-order valence-electron chi connectivity index (χ2n) is 10.4. The molecule has 1 aliphatic rings. The number of benzene rings is 3. The first-order valence-electron chi connectivity index (χ1n) is 13.6. The van der Waals surface area contributed by atoms with Crippen molar-refractivity contribution >= 4 is 6.08 Å². The summed E-state index contributed by atoms with van der Waals surface area (Å²) in [6.07, 6.45) is 9.38. The molecule has 1 unspecified atom stereocenters. The van der Waals surface area contributed by atoms with Gasteiger partial charge in [0.05, 0.1) is 23.8 Å². The van der Waals surface area contributed by atoms with Crippen molar-refractivity contribution in [2.45, 2.75) is 45.8 Å². The maximum atomic E-state index is 6.42. The van der Waals surface area contributed by atoms with Gasteiger partial charge >= 0.3 is 0 Å². The molecule has 0 saturated carbocycles. The average molecular weight is 515 g/mol. The number of H-pyrrole nitrogens is 1. The van der Waals surface area contributed by atoms with Crippen LogP contribution in [0.2, 0.25) is 0 Å². The Morgan fingerprint density at radius 3 is 2.62 bits per heavy atom. The van der Waals surface area contributed by atoms with E-state index in [1.807, 2.05) is 42.7 Å². The van der Waals surface area contributed by atoms with Crippen LogP contribution < -0.4 is 5.73 Å². The standard InChI is InChI=1S/C34H34N4O/c1-23-15-17-27(18-16-23)33-34(38(22-37-33)31-14-8-12-26-11-6-7-13-28(26)31)30-20-36-24(2)29(30)19-32(35)39-21-25-9-4-3-5-10-25/h3-7,9-11,13,15-20,22,31,36H,8,12,14,21,35H2,1-2H3/b32-19+. The minimum atomic E-state index is 0.218. The molecule has 0 amide bonds. The lowest BCUT2D eigenvalue weighted by molar-refractivity contribution is 0.199. The van der Waals surface area contributed by atoms with E-state index in [0.717, 1.165) is 58.6 Å². The number of aromatic amines is 1. The number of nitrogens with one attached hydrogen (secondary N) is 1. The van der Waals surface area contributed by atoms with Gasteiger partial charge in [-0.25, -0.2) is 4.98 Å². The normalized spacial score (nSPS) is 15.2. The summed E-state index contributed by atoms with van der Waals surface area (Å²) < 4.78 is 8.32. The minimum Gasteiger partial charge on any atom is -0.475 e. The predicted molar refractivity (Wildman–Crippen MR) is 158 cm³/mol. The molecule has 0 fully saturated rings. The molecule has 1 atom stereocenters. The Hall–Kier alpha value is -4.51. The Kier molecular flexibility index (Phi) is 6.80. The van der Waals surface area contributed by atoms with Crippen LogP contribution >= 0.6 is 0 Å². The highest BCUT2D eigenvalue weighted by atomic mass is 16.5. The third-order valence-corrected chi connectivity index (χ3v) is 7.71. The summed E-state index contributed by atoms with van der Waals surface area (Å²) >= 11 is 0. The van der Waals surface area contributed by atoms with E-state index in [0.29, 0.717) is 12.5 Å². The number of nitrogens with zero attached hydrogens (tertiary/aromatic N) is 2. The van der Waals surface area contributed by atoms with Gasteiger partial charge in [-0.05, 0) is 49.8 Å². The first-order valence-corrected chi connectivity index (χ1v) is 13.6. The molecule has 0 radical (unpaired) electrons. The molecule has 0 saturated heterocycles. The Labute approximate surface area is 230 Å². The SMILES string of the molecule is Cc1ccc(-c2ncn(C3CCCc4ccccc43)c2-c2c[nH]c(C)c2/C=C(\N)OCc2ccccc2)cc1. The fourth-order valence-corrected chi connectivity index (χ4v) is 5.65. The molecule has 5 heteroatoms. The molecule has 0 aliphatic heterocycles. The quantitative estimate of drug-likeness (QED) is 0.220. The van der Waals surface area contributed by atoms with Crippen molar-refractivity contribution in [1.82, 2.24) is 14.5 Å². The van der Waals surface area contributed by atoms with Gasteiger partial charge in [0, 0.05) is 34.7 Å². The Morgan fingerprint density at radius 1 is 1.03 bits per heavy atom. The number of nitrogens with two attached hydrogens (primary N) is 1. The van der Waals surface area contributed by atoms with Crippen LogP contribution in [-0.2, 0) is 17.8 Å². The summed E-state index contributed by atoms with van der Waals surface area (Å²) in [5, 5.41) is 0. The van der Waals surface area contributed by atoms with Gasteiger partial charge in [-0.2, -0.15) is 0 Å². The second-order valence-corrected chi connectivity index (χ2v) is 10.4. The smallest absolute Gasteiger partial charge is 0.185 e. The Bertz CT molecular complexity index is 1610. The largest absolute Gasteiger partial charge is 0.475 e. The first-order chi connectivity index (χ1) is 19.1. The number of ether oxygens (including phenoxy) is 1. The number of imidazole rings is 1. The maximum absolute atomic E-state index is 6.42. The highest BCUT2D eigenvalue weighted by molar-refractivity contribution is 5.85. The van der Waals surface area contributed by atoms with Crippen molar-refractivity contribution < 1.29 is 4.74 Å². The second kappa shape index (κ2) is 10.7. The summed E-state index contributed by atoms with van der Waals surface area (Å²) in [5.41, 5.74) is 17.8. The van der Waals surface area contributed by atoms with Gasteiger partial charge in [-0.3, -0.25) is 0 Å². The molecule has 39 heavy (non-hydrogen) atoms. The average Bonchev–Trinajstić information content (AvgIpc) is 3.56. The Balaban J connectivity index is 1.46. The minimum absolute atomic E-state index is 0.218. The summed E-state index contributed by atoms with van der Waals surface area (Å²) in [4.78, 5) is 8.46. The number of fused-ring (bicyclic) bond motifs is 1. The van der Waals surface area contributed by atoms with Crippen LogP contribution in [0.5, 0.6) is 0 Å². The fraction of sp³-hybridized carbons (Fsp3) is 0.206. The lowest BCUT2D eigenvalue weighted by Crippen LogP contribution is -2.17. The van der Waals surface area contributed by atoms with Gasteiger partial charge < -0.3 is 20.0 Å². The zero-order valence-electron chi connectivity index (χ0n) is 22.5. The van der Waals surface area contributed by atoms with Crippen LogP contribution in [0.3, 0.4) is 0 Å². The van der Waals surface area contributed by atoms with Gasteiger partial charge in [-0.1, -0.05) is 84.4 Å². The van der Waals surface area contributed by atoms with Crippen molar-refractivity contribution in [2.24, 2.45) is 5.73 Å². The topological polar surface area (TPSA) is 68.9 Å². The van der Waals surface area contributed by atoms with Crippen LogP contribution in [0.4, 0.5) is 0 Å². The molecule has 1 aliphatic carbocycles. The molecule has 5 nitrogen and oxygen atoms in total. The van der Waals surface area contributed by atoms with Crippen molar-refractivity contribution in [1.29, 1.82) is 0 Å². The van der Waals surface area contributed by atoms with E-state index in [2.05, 4.69) is 78.1 Å². The number of aryl methyl sites for hydroxylation is 3. The summed E-state index contributed by atoms with van der Waals surface area (Å²) in [6, 6.07) is 27.7. The van der Waals surface area contributed by atoms with Crippen LogP contribution in [0.15, 0.2) is 97.3 Å². The molecule has 3 aromatic carbocycles. The zero-order chi connectivity index (χ0) is 26.8. The van der Waals surface area contributed by atoms with Crippen molar-refractivity contribution in [3.8, 4) is 22.5 Å². The molecule has 196 valence electrons. The van der Waals surface area contributed by atoms with E-state index in [1.54, 1.807) is 0 Å². The predicted octanol–water partition coefficient (Wildman–Crippen LogP) is 7.56. The van der Waals surface area contributed by atoms with Gasteiger partial charge in [0.25, 0.3) is 0 Å². The highest BCUT2D eigenvalue weighted by Crippen LogP contribution is 2.41.